The van der Waals surface area contributed by atoms with Gasteiger partial charge in [0.2, 0.25) is 5.91 Å². The van der Waals surface area contributed by atoms with Gasteiger partial charge in [0.1, 0.15) is 0 Å². The predicted molar refractivity (Wildman–Crippen MR) is 104 cm³/mol. The molecule has 1 aromatic heterocycles. The number of aromatic nitrogens is 1. The summed E-state index contributed by atoms with van der Waals surface area (Å²) in [6.45, 7) is 2.53. The normalized spacial score (nSPS) is 20.6. The first-order chi connectivity index (χ1) is 13.2. The lowest BCUT2D eigenvalue weighted by Gasteiger charge is -2.43. The molecule has 2 amide bonds. The standard InChI is InChI=1S/C22H21N3O2/c1-2-7-19(26)25-13-12-15-14-8-3-5-10-17(14)23-20(15)22(25)16-9-4-6-11-18(16)24-21(22)27/h3-6,8-11,23H,2,7,12-13H2,1H3,(H,24,27)/t22-/m1/s1. The van der Waals surface area contributed by atoms with Gasteiger partial charge in [0.15, 0.2) is 5.54 Å². The molecule has 3 aromatic rings. The third-order valence-corrected chi connectivity index (χ3v) is 5.82. The largest absolute Gasteiger partial charge is 0.355 e. The highest BCUT2D eigenvalue weighted by atomic mass is 16.2. The van der Waals surface area contributed by atoms with Crippen molar-refractivity contribution in [1.82, 2.24) is 9.88 Å². The van der Waals surface area contributed by atoms with Crippen molar-refractivity contribution in [2.45, 2.75) is 31.7 Å². The van der Waals surface area contributed by atoms with E-state index in [-0.39, 0.29) is 11.8 Å². The molecule has 0 fully saturated rings. The monoisotopic (exact) mass is 359 g/mol. The summed E-state index contributed by atoms with van der Waals surface area (Å²) in [4.78, 5) is 31.8. The number of para-hydroxylation sites is 2. The Morgan fingerprint density at radius 2 is 1.93 bits per heavy atom. The van der Waals surface area contributed by atoms with Crippen LogP contribution in [0.25, 0.3) is 10.9 Å². The van der Waals surface area contributed by atoms with E-state index in [1.165, 1.54) is 0 Å². The molecule has 2 N–H and O–H groups in total. The first kappa shape index (κ1) is 16.1. The number of amides is 2. The number of benzene rings is 2. The molecule has 0 saturated heterocycles. The third-order valence-electron chi connectivity index (χ3n) is 5.82. The summed E-state index contributed by atoms with van der Waals surface area (Å²) in [7, 11) is 0. The lowest BCUT2D eigenvalue weighted by molar-refractivity contribution is -0.144. The van der Waals surface area contributed by atoms with E-state index in [0.717, 1.165) is 46.3 Å². The summed E-state index contributed by atoms with van der Waals surface area (Å²) in [6.07, 6.45) is 1.94. The maximum atomic E-state index is 13.4. The molecule has 5 rings (SSSR count). The number of fused-ring (bicyclic) bond motifs is 6. The van der Waals surface area contributed by atoms with Crippen molar-refractivity contribution in [3.05, 3.63) is 65.4 Å². The fourth-order valence-corrected chi connectivity index (χ4v) is 4.71. The van der Waals surface area contributed by atoms with Crippen LogP contribution < -0.4 is 5.32 Å². The van der Waals surface area contributed by atoms with E-state index in [2.05, 4.69) is 16.4 Å². The van der Waals surface area contributed by atoms with Crippen LogP contribution in [0.2, 0.25) is 0 Å². The van der Waals surface area contributed by atoms with Gasteiger partial charge in [-0.05, 0) is 30.5 Å². The third kappa shape index (κ3) is 1.99. The van der Waals surface area contributed by atoms with Crippen molar-refractivity contribution in [2.24, 2.45) is 0 Å². The molecule has 5 nitrogen and oxygen atoms in total. The van der Waals surface area contributed by atoms with Crippen LogP contribution in [0.15, 0.2) is 48.5 Å². The highest BCUT2D eigenvalue weighted by Crippen LogP contribution is 2.49. The summed E-state index contributed by atoms with van der Waals surface area (Å²) in [5.41, 5.74) is 3.49. The van der Waals surface area contributed by atoms with Gasteiger partial charge in [-0.15, -0.1) is 0 Å². The maximum absolute atomic E-state index is 13.4. The van der Waals surface area contributed by atoms with Crippen LogP contribution in [0, 0.1) is 0 Å². The van der Waals surface area contributed by atoms with Crippen molar-refractivity contribution >= 4 is 28.4 Å². The molecule has 0 aliphatic carbocycles. The molecule has 3 heterocycles. The second kappa shape index (κ2) is 5.71. The Hall–Kier alpha value is -3.08. The number of anilines is 1. The Kier molecular flexibility index (Phi) is 3.41. The summed E-state index contributed by atoms with van der Waals surface area (Å²) >= 11 is 0. The fraction of sp³-hybridized carbons (Fsp3) is 0.273. The molecule has 1 atom stereocenters. The van der Waals surface area contributed by atoms with E-state index in [4.69, 9.17) is 0 Å². The van der Waals surface area contributed by atoms with Gasteiger partial charge in [-0.2, -0.15) is 0 Å². The number of aromatic amines is 1. The van der Waals surface area contributed by atoms with Gasteiger partial charge < -0.3 is 15.2 Å². The smallest absolute Gasteiger partial charge is 0.261 e. The van der Waals surface area contributed by atoms with Crippen molar-refractivity contribution in [1.29, 1.82) is 0 Å². The molecule has 0 saturated carbocycles. The van der Waals surface area contributed by atoms with Crippen LogP contribution in [0.1, 0.15) is 36.6 Å². The number of carbonyl (C=O) groups excluding carboxylic acids is 2. The van der Waals surface area contributed by atoms with Gasteiger partial charge in [0, 0.05) is 35.1 Å². The minimum atomic E-state index is -1.12. The molecular formula is C22H21N3O2. The molecule has 136 valence electrons. The van der Waals surface area contributed by atoms with E-state index in [9.17, 15) is 9.59 Å². The van der Waals surface area contributed by atoms with E-state index in [0.29, 0.717) is 13.0 Å². The minimum Gasteiger partial charge on any atom is -0.355 e. The fourth-order valence-electron chi connectivity index (χ4n) is 4.71. The zero-order valence-electron chi connectivity index (χ0n) is 15.2. The lowest BCUT2D eigenvalue weighted by atomic mass is 9.79. The molecule has 0 radical (unpaired) electrons. The first-order valence-electron chi connectivity index (χ1n) is 9.49. The summed E-state index contributed by atoms with van der Waals surface area (Å²) in [5, 5.41) is 4.15. The van der Waals surface area contributed by atoms with Crippen LogP contribution in [-0.2, 0) is 21.5 Å². The average Bonchev–Trinajstić information content (AvgIpc) is 3.19. The van der Waals surface area contributed by atoms with E-state index >= 15 is 0 Å². The molecule has 0 bridgehead atoms. The molecule has 2 aliphatic rings. The van der Waals surface area contributed by atoms with Crippen molar-refractivity contribution in [3.8, 4) is 0 Å². The van der Waals surface area contributed by atoms with Gasteiger partial charge >= 0.3 is 0 Å². The van der Waals surface area contributed by atoms with Crippen LogP contribution >= 0.6 is 0 Å². The second-order valence-corrected chi connectivity index (χ2v) is 7.28. The van der Waals surface area contributed by atoms with Gasteiger partial charge in [0.25, 0.3) is 5.91 Å². The molecule has 27 heavy (non-hydrogen) atoms. The van der Waals surface area contributed by atoms with E-state index in [1.54, 1.807) is 4.90 Å². The zero-order valence-corrected chi connectivity index (χ0v) is 15.2. The van der Waals surface area contributed by atoms with Gasteiger partial charge in [0.05, 0.1) is 5.69 Å². The molecule has 2 aromatic carbocycles. The Labute approximate surface area is 157 Å². The highest BCUT2D eigenvalue weighted by Gasteiger charge is 2.57. The number of rotatable bonds is 2. The van der Waals surface area contributed by atoms with Crippen LogP contribution in [-0.4, -0.2) is 28.2 Å². The second-order valence-electron chi connectivity index (χ2n) is 7.28. The van der Waals surface area contributed by atoms with Crippen molar-refractivity contribution < 1.29 is 9.59 Å². The van der Waals surface area contributed by atoms with E-state index in [1.807, 2.05) is 49.4 Å². The highest BCUT2D eigenvalue weighted by molar-refractivity contribution is 6.11. The van der Waals surface area contributed by atoms with E-state index < -0.39 is 5.54 Å². The Bertz CT molecular complexity index is 1080. The molecular weight excluding hydrogens is 338 g/mol. The van der Waals surface area contributed by atoms with Crippen LogP contribution in [0.3, 0.4) is 0 Å². The number of nitrogens with one attached hydrogen (secondary N) is 2. The SMILES string of the molecule is CCCC(=O)N1CCc2c([nH]c3ccccc23)[C@]12C(=O)Nc1ccccc12. The molecule has 1 spiro atoms. The summed E-state index contributed by atoms with van der Waals surface area (Å²) in [6, 6.07) is 15.8. The van der Waals surface area contributed by atoms with Crippen LogP contribution in [0.5, 0.6) is 0 Å². The minimum absolute atomic E-state index is 0.0219. The molecule has 0 unspecified atom stereocenters. The molecule has 2 aliphatic heterocycles. The number of nitrogens with zero attached hydrogens (tertiary/aromatic N) is 1. The maximum Gasteiger partial charge on any atom is 0.261 e. The van der Waals surface area contributed by atoms with Crippen LogP contribution in [0.4, 0.5) is 5.69 Å². The topological polar surface area (TPSA) is 65.2 Å². The zero-order chi connectivity index (χ0) is 18.6. The van der Waals surface area contributed by atoms with Gasteiger partial charge in [-0.3, -0.25) is 9.59 Å². The summed E-state index contributed by atoms with van der Waals surface area (Å²) in [5.74, 6) is -0.130. The number of hydrogen-bond donors (Lipinski definition) is 2. The molecule has 5 heteroatoms. The predicted octanol–water partition coefficient (Wildman–Crippen LogP) is 3.55. The number of hydrogen-bond acceptors (Lipinski definition) is 2. The Balaban J connectivity index is 1.84. The number of carbonyl (C=O) groups is 2. The summed E-state index contributed by atoms with van der Waals surface area (Å²) < 4.78 is 0. The van der Waals surface area contributed by atoms with Gasteiger partial charge in [-0.25, -0.2) is 0 Å². The van der Waals surface area contributed by atoms with Crippen molar-refractivity contribution in [2.75, 3.05) is 11.9 Å². The van der Waals surface area contributed by atoms with Crippen molar-refractivity contribution in [3.63, 3.8) is 0 Å². The lowest BCUT2D eigenvalue weighted by Crippen LogP contribution is -2.57. The quantitative estimate of drug-likeness (QED) is 0.735. The Morgan fingerprint density at radius 1 is 1.15 bits per heavy atom. The van der Waals surface area contributed by atoms with Gasteiger partial charge in [-0.1, -0.05) is 43.3 Å². The average molecular weight is 359 g/mol. The Morgan fingerprint density at radius 3 is 2.78 bits per heavy atom. The first-order valence-corrected chi connectivity index (χ1v) is 9.49. The number of H-pyrrole nitrogens is 1.